The zero-order chi connectivity index (χ0) is 59.6. The van der Waals surface area contributed by atoms with Gasteiger partial charge in [0.15, 0.2) is 17.8 Å². The summed E-state index contributed by atoms with van der Waals surface area (Å²) in [5.74, 6) is 5.49. The Hall–Kier alpha value is -7.59. The van der Waals surface area contributed by atoms with Crippen molar-refractivity contribution >= 4 is 35.1 Å². The third-order valence-corrected chi connectivity index (χ3v) is 21.5. The summed E-state index contributed by atoms with van der Waals surface area (Å²) in [6.45, 7) is 0.624. The third kappa shape index (κ3) is 9.87. The van der Waals surface area contributed by atoms with Crippen LogP contribution in [0.2, 0.25) is 0 Å². The summed E-state index contributed by atoms with van der Waals surface area (Å²) in [4.78, 5) is 46.4. The molecular formula is C76H76O11. The van der Waals surface area contributed by atoms with E-state index in [-0.39, 0.29) is 114 Å². The molecule has 12 atom stereocenters. The predicted octanol–water partition coefficient (Wildman–Crippen LogP) is 13.1. The number of allylic oxidation sites excluding steroid dienone is 4. The molecule has 3 aliphatic heterocycles. The molecule has 14 rings (SSSR count). The monoisotopic (exact) mass is 1160 g/mol. The van der Waals surface area contributed by atoms with Crippen LogP contribution in [0.3, 0.4) is 0 Å². The van der Waals surface area contributed by atoms with Gasteiger partial charge < -0.3 is 38.7 Å². The van der Waals surface area contributed by atoms with Gasteiger partial charge in [0.2, 0.25) is 0 Å². The van der Waals surface area contributed by atoms with Crippen molar-refractivity contribution in [1.82, 2.24) is 0 Å². The van der Waals surface area contributed by atoms with E-state index in [4.69, 9.17) is 23.4 Å². The number of hydrogen-bond acceptors (Lipinski definition) is 11. The number of hydrogen-bond donors (Lipinski definition) is 3. The summed E-state index contributed by atoms with van der Waals surface area (Å²) >= 11 is 0. The van der Waals surface area contributed by atoms with Gasteiger partial charge in [0.25, 0.3) is 0 Å². The van der Waals surface area contributed by atoms with Crippen molar-refractivity contribution in [2.24, 2.45) is 23.7 Å². The highest BCUT2D eigenvalue weighted by Crippen LogP contribution is 2.59. The maximum absolute atomic E-state index is 16.0. The topological polar surface area (TPSA) is 162 Å². The summed E-state index contributed by atoms with van der Waals surface area (Å²) < 4.78 is 34.0. The van der Waals surface area contributed by atoms with E-state index in [1.54, 1.807) is 19.1 Å². The van der Waals surface area contributed by atoms with Crippen LogP contribution in [0.15, 0.2) is 148 Å². The average molecular weight is 1170 g/mol. The summed E-state index contributed by atoms with van der Waals surface area (Å²) in [5, 5.41) is 32.8. The van der Waals surface area contributed by atoms with Gasteiger partial charge in [-0.25, -0.2) is 9.59 Å². The van der Waals surface area contributed by atoms with Gasteiger partial charge in [-0.1, -0.05) is 152 Å². The molecule has 11 heteroatoms. The van der Waals surface area contributed by atoms with Crippen LogP contribution in [0.5, 0.6) is 5.75 Å². The molecule has 5 aromatic carbocycles. The van der Waals surface area contributed by atoms with Gasteiger partial charge in [-0.05, 0) is 155 Å². The van der Waals surface area contributed by atoms with E-state index in [1.807, 2.05) is 0 Å². The fraction of sp³-hybridized carbons (Fsp3) is 0.408. The quantitative estimate of drug-likeness (QED) is 0.0393. The van der Waals surface area contributed by atoms with Crippen molar-refractivity contribution in [2.45, 2.75) is 144 Å². The number of ether oxygens (including phenoxy) is 4. The first kappa shape index (κ1) is 57.2. The number of fused-ring (bicyclic) bond motifs is 15. The molecule has 5 aliphatic carbocycles. The third-order valence-electron chi connectivity index (χ3n) is 21.5. The Kier molecular flexibility index (Phi) is 15.4. The molecule has 0 saturated heterocycles. The molecule has 2 fully saturated rings. The van der Waals surface area contributed by atoms with Gasteiger partial charge >= 0.3 is 17.6 Å². The lowest BCUT2D eigenvalue weighted by Crippen LogP contribution is -2.60. The van der Waals surface area contributed by atoms with Crippen LogP contribution in [0.1, 0.15) is 174 Å². The van der Waals surface area contributed by atoms with Crippen molar-refractivity contribution in [3.8, 4) is 17.6 Å². The van der Waals surface area contributed by atoms with Crippen molar-refractivity contribution in [3.63, 3.8) is 0 Å². The highest BCUT2D eigenvalue weighted by molar-refractivity contribution is 5.91. The first-order valence-corrected chi connectivity index (χ1v) is 31.7. The molecule has 0 spiro atoms. The smallest absolute Gasteiger partial charge is 0.340 e. The standard InChI is InChI=1S/C76H76O11/c1-45(42-78)58-27-20-46-21-28-60-51(36-46)14-7-10-34-76(57-39-52-23-22-47-12-3-5-18-59(47)63(52)41-57)72(86-73(58)81)71(69-66(87-76)31-30-62-64(43-79)68(74(82)85-70(62)69)53(32-35-77)44-83-2)84-67(80)40-54-37-50(25-29-61(54)60)49-15-11-17-56(38-49)75-33-9-8-16-55(75)26-24-48-13-4-6-19-65(48)75/h3-6,11-13,15,17-19,21-26,28-31,36,38,50,52-55,57,61,63,71-72,77-79H,8-9,14,16,20,27,32-35,37,39-44H2,1-2H3/b58-45-/t50-,52+,53-,54+,55-,57-,61-,63-,71-,72+,75+,76+/m1/s1. The largest absolute Gasteiger partial charge is 0.481 e. The Morgan fingerprint density at radius 1 is 0.816 bits per heavy atom. The van der Waals surface area contributed by atoms with Gasteiger partial charge in [0, 0.05) is 72.2 Å². The van der Waals surface area contributed by atoms with E-state index in [9.17, 15) is 20.1 Å². The number of aliphatic hydroxyl groups excluding tert-OH is 3. The second-order valence-electron chi connectivity index (χ2n) is 25.9. The lowest BCUT2D eigenvalue weighted by molar-refractivity contribution is -0.202. The first-order chi connectivity index (χ1) is 42.5. The number of carbonyl (C=O) groups is 2. The highest BCUT2D eigenvalue weighted by Gasteiger charge is 2.62. The molecular weight excluding hydrogens is 1090 g/mol. The van der Waals surface area contributed by atoms with E-state index >= 15 is 9.59 Å². The molecule has 5 bridgehead atoms. The maximum atomic E-state index is 16.0. The lowest BCUT2D eigenvalue weighted by atomic mass is 9.56. The molecule has 0 unspecified atom stereocenters. The molecule has 4 heterocycles. The predicted molar refractivity (Wildman–Crippen MR) is 334 cm³/mol. The van der Waals surface area contributed by atoms with E-state index < -0.39 is 47.9 Å². The number of rotatable bonds is 10. The summed E-state index contributed by atoms with van der Waals surface area (Å²) in [5.41, 5.74) is 9.82. The molecule has 11 nitrogen and oxygen atoms in total. The fourth-order valence-electron chi connectivity index (χ4n) is 17.3. The Labute approximate surface area is 508 Å². The van der Waals surface area contributed by atoms with E-state index in [0.717, 1.165) is 41.5 Å². The van der Waals surface area contributed by atoms with Gasteiger partial charge in [-0.15, -0.1) is 0 Å². The van der Waals surface area contributed by atoms with Crippen LogP contribution in [0.25, 0.3) is 23.1 Å². The second-order valence-corrected chi connectivity index (χ2v) is 25.9. The van der Waals surface area contributed by atoms with Crippen molar-refractivity contribution in [1.29, 1.82) is 0 Å². The number of benzene rings is 5. The average Bonchev–Trinajstić information content (AvgIpc) is 1.64. The van der Waals surface area contributed by atoms with Crippen molar-refractivity contribution < 1.29 is 48.3 Å². The van der Waals surface area contributed by atoms with Crippen LogP contribution in [0.4, 0.5) is 0 Å². The summed E-state index contributed by atoms with van der Waals surface area (Å²) in [6, 6.07) is 36.6. The fourth-order valence-corrected chi connectivity index (χ4v) is 17.3. The number of aliphatic hydroxyl groups is 3. The van der Waals surface area contributed by atoms with Gasteiger partial charge in [0.05, 0.1) is 31.8 Å². The summed E-state index contributed by atoms with van der Waals surface area (Å²) in [6.07, 6.45) is 19.0. The van der Waals surface area contributed by atoms with E-state index in [0.29, 0.717) is 54.6 Å². The molecule has 1 aromatic heterocycles. The molecule has 0 radical (unpaired) electrons. The minimum absolute atomic E-state index is 0.00680. The zero-order valence-corrected chi connectivity index (χ0v) is 49.7. The van der Waals surface area contributed by atoms with Crippen LogP contribution in [-0.4, -0.2) is 65.9 Å². The number of esters is 2. The molecule has 87 heavy (non-hydrogen) atoms. The van der Waals surface area contributed by atoms with Crippen molar-refractivity contribution in [3.05, 3.63) is 216 Å². The molecule has 6 aromatic rings. The second kappa shape index (κ2) is 23.5. The molecule has 0 amide bonds. The SMILES string of the molecule is COC[C@@H](CCO)c1c(CO)c2ccc3c(c2oc1=O)[C@H]1OC(=O)C[C@@H]2C[C@H](c4cccc([C@]56CCCC[C@@H]5C=Cc5ccccc56)c4)C=C[C@H]2c2ccc4cc2CC#CC[C@@]([C@@H]2C[C@@H]5C=Cc6ccccc6[C@@H]5C2)(O3)[C@H]1OC(=O)/C(=C(/C)CO)CC4. The highest BCUT2D eigenvalue weighted by atomic mass is 16.6. The van der Waals surface area contributed by atoms with E-state index in [2.05, 4.69) is 139 Å². The Balaban J connectivity index is 0.951. The molecule has 446 valence electrons. The zero-order valence-electron chi connectivity index (χ0n) is 49.7. The lowest BCUT2D eigenvalue weighted by Gasteiger charge is -2.49. The van der Waals surface area contributed by atoms with Crippen LogP contribution in [-0.2, 0) is 48.7 Å². The number of aryl methyl sites for hydroxylation is 1. The Bertz CT molecular complexity index is 3960. The first-order valence-electron chi connectivity index (χ1n) is 31.7. The molecule has 3 N–H and O–H groups in total. The minimum Gasteiger partial charge on any atom is -0.481 e. The minimum atomic E-state index is -1.45. The van der Waals surface area contributed by atoms with Gasteiger partial charge in [-0.3, -0.25) is 4.79 Å². The summed E-state index contributed by atoms with van der Waals surface area (Å²) in [7, 11) is 1.51. The van der Waals surface area contributed by atoms with Gasteiger partial charge in [-0.2, -0.15) is 0 Å². The molecule has 2 saturated carbocycles. The Morgan fingerprint density at radius 3 is 2.52 bits per heavy atom. The van der Waals surface area contributed by atoms with E-state index in [1.165, 1.54) is 41.3 Å². The Morgan fingerprint density at radius 2 is 1.67 bits per heavy atom. The van der Waals surface area contributed by atoms with Crippen LogP contribution in [0, 0.1) is 35.5 Å². The van der Waals surface area contributed by atoms with Crippen LogP contribution < -0.4 is 10.4 Å². The van der Waals surface area contributed by atoms with Crippen LogP contribution >= 0.6 is 0 Å². The number of carbonyl (C=O) groups excluding carboxylic acids is 2. The normalized spacial score (nSPS) is 29.5. The van der Waals surface area contributed by atoms with Gasteiger partial charge in [0.1, 0.15) is 11.3 Å². The van der Waals surface area contributed by atoms with Crippen molar-refractivity contribution in [2.75, 3.05) is 26.9 Å². The maximum Gasteiger partial charge on any atom is 0.340 e. The number of methoxy groups -OCH3 is 1. The molecule has 8 aliphatic rings.